The third kappa shape index (κ3) is 3.97. The fraction of sp³-hybridized carbons (Fsp3) is 0.0476. The molecule has 0 aliphatic carbocycles. The van der Waals surface area contributed by atoms with Gasteiger partial charge in [0, 0.05) is 32.9 Å². The molecule has 4 rings (SSSR count). The Labute approximate surface area is 179 Å². The van der Waals surface area contributed by atoms with E-state index in [4.69, 9.17) is 9.15 Å². The first kappa shape index (κ1) is 19.1. The molecule has 0 amide bonds. The summed E-state index contributed by atoms with van der Waals surface area (Å²) in [5, 5.41) is 10.9. The number of nitrogens with zero attached hydrogens (tertiary/aromatic N) is 2. The molecule has 0 N–H and O–H groups in total. The van der Waals surface area contributed by atoms with Crippen LogP contribution < -0.4 is 0 Å². The highest BCUT2D eigenvalue weighted by Gasteiger charge is 2.25. The summed E-state index contributed by atoms with van der Waals surface area (Å²) in [6, 6.07) is 15.2. The van der Waals surface area contributed by atoms with Crippen LogP contribution in [0.2, 0.25) is 0 Å². The first-order chi connectivity index (χ1) is 13.9. The maximum Gasteiger partial charge on any atom is 0.363 e. The quantitative estimate of drug-likeness (QED) is 0.163. The van der Waals surface area contributed by atoms with Gasteiger partial charge in [-0.15, -0.1) is 0 Å². The van der Waals surface area contributed by atoms with Crippen LogP contribution in [-0.4, -0.2) is 16.8 Å². The van der Waals surface area contributed by atoms with Crippen molar-refractivity contribution in [1.82, 2.24) is 0 Å². The lowest BCUT2D eigenvalue weighted by Gasteiger charge is -2.02. The van der Waals surface area contributed by atoms with Crippen molar-refractivity contribution in [1.29, 1.82) is 0 Å². The van der Waals surface area contributed by atoms with Gasteiger partial charge in [-0.3, -0.25) is 10.1 Å². The molecule has 1 aliphatic heterocycles. The third-order valence-corrected chi connectivity index (χ3v) is 5.45. The summed E-state index contributed by atoms with van der Waals surface area (Å²) >= 11 is 2.21. The van der Waals surface area contributed by atoms with Crippen LogP contribution in [0.5, 0.6) is 0 Å². The Morgan fingerprint density at radius 2 is 1.93 bits per heavy atom. The highest BCUT2D eigenvalue weighted by Crippen LogP contribution is 2.28. The molecule has 29 heavy (non-hydrogen) atoms. The number of esters is 1. The topological polar surface area (TPSA) is 94.9 Å². The molecular weight excluding hydrogens is 487 g/mol. The Morgan fingerprint density at radius 1 is 1.10 bits per heavy atom. The van der Waals surface area contributed by atoms with E-state index in [2.05, 4.69) is 27.6 Å². The standard InChI is InChI=1S/C21H13IN2O5/c1-12-5-6-14(10-17(12)22)20-23-18(21(25)29-20)11-16-7-8-19(28-16)13-3-2-4-15(9-13)24(26)27/h2-11H,1H3. The molecule has 8 heteroatoms. The predicted molar refractivity (Wildman–Crippen MR) is 115 cm³/mol. The van der Waals surface area contributed by atoms with E-state index in [-0.39, 0.29) is 17.3 Å². The summed E-state index contributed by atoms with van der Waals surface area (Å²) in [6.07, 6.45) is 1.48. The van der Waals surface area contributed by atoms with Gasteiger partial charge in [0.25, 0.3) is 5.69 Å². The molecule has 0 bridgehead atoms. The Kier molecular flexibility index (Phi) is 5.01. The number of non-ortho nitro benzene ring substituents is 1. The largest absolute Gasteiger partial charge is 0.457 e. The summed E-state index contributed by atoms with van der Waals surface area (Å²) in [6.45, 7) is 2.00. The van der Waals surface area contributed by atoms with Crippen molar-refractivity contribution in [3.8, 4) is 11.3 Å². The van der Waals surface area contributed by atoms with Gasteiger partial charge in [-0.2, -0.15) is 0 Å². The fourth-order valence-electron chi connectivity index (χ4n) is 2.75. The summed E-state index contributed by atoms with van der Waals surface area (Å²) in [5.74, 6) is 0.514. The van der Waals surface area contributed by atoms with E-state index in [1.807, 2.05) is 25.1 Å². The molecule has 0 saturated carbocycles. The van der Waals surface area contributed by atoms with Gasteiger partial charge in [0.2, 0.25) is 5.90 Å². The highest BCUT2D eigenvalue weighted by atomic mass is 127. The Morgan fingerprint density at radius 3 is 2.69 bits per heavy atom. The Hall–Kier alpha value is -3.27. The van der Waals surface area contributed by atoms with Crippen LogP contribution in [0.1, 0.15) is 16.9 Å². The van der Waals surface area contributed by atoms with Crippen LogP contribution in [-0.2, 0) is 9.53 Å². The SMILES string of the molecule is Cc1ccc(C2=NC(=Cc3ccc(-c4cccc([N+](=O)[O-])c4)o3)C(=O)O2)cc1I. The molecule has 2 heterocycles. The summed E-state index contributed by atoms with van der Waals surface area (Å²) in [7, 11) is 0. The van der Waals surface area contributed by atoms with Crippen LogP contribution in [0.4, 0.5) is 5.69 Å². The minimum atomic E-state index is -0.566. The second-order valence-corrected chi connectivity index (χ2v) is 7.47. The zero-order chi connectivity index (χ0) is 20.5. The van der Waals surface area contributed by atoms with E-state index in [1.54, 1.807) is 24.3 Å². The fourth-order valence-corrected chi connectivity index (χ4v) is 3.27. The van der Waals surface area contributed by atoms with Gasteiger partial charge in [-0.25, -0.2) is 9.79 Å². The number of hydrogen-bond acceptors (Lipinski definition) is 6. The minimum Gasteiger partial charge on any atom is -0.457 e. The van der Waals surface area contributed by atoms with Crippen molar-refractivity contribution in [2.24, 2.45) is 4.99 Å². The maximum absolute atomic E-state index is 12.2. The summed E-state index contributed by atoms with van der Waals surface area (Å²) < 4.78 is 12.0. The predicted octanol–water partition coefficient (Wildman–Crippen LogP) is 5.11. The minimum absolute atomic E-state index is 0.0276. The Bertz CT molecular complexity index is 1210. The van der Waals surface area contributed by atoms with Crippen LogP contribution in [0.15, 0.2) is 69.7 Å². The number of nitro benzene ring substituents is 1. The van der Waals surface area contributed by atoms with E-state index in [1.165, 1.54) is 18.2 Å². The molecule has 2 aromatic carbocycles. The first-order valence-electron chi connectivity index (χ1n) is 8.54. The average Bonchev–Trinajstić information content (AvgIpc) is 3.31. The highest BCUT2D eigenvalue weighted by molar-refractivity contribution is 14.1. The third-order valence-electron chi connectivity index (χ3n) is 4.29. The van der Waals surface area contributed by atoms with Crippen molar-refractivity contribution in [2.75, 3.05) is 0 Å². The number of furan rings is 1. The average molecular weight is 500 g/mol. The molecule has 1 aromatic heterocycles. The van der Waals surface area contributed by atoms with E-state index in [0.717, 1.165) is 9.13 Å². The number of hydrogen-bond donors (Lipinski definition) is 0. The van der Waals surface area contributed by atoms with Gasteiger partial charge in [0.15, 0.2) is 5.70 Å². The second-order valence-electron chi connectivity index (χ2n) is 6.31. The molecule has 144 valence electrons. The number of nitro groups is 1. The van der Waals surface area contributed by atoms with Gasteiger partial charge in [-0.1, -0.05) is 18.2 Å². The molecular formula is C21H13IN2O5. The number of carbonyl (C=O) groups is 1. The smallest absolute Gasteiger partial charge is 0.363 e. The van der Waals surface area contributed by atoms with Crippen LogP contribution in [0.25, 0.3) is 17.4 Å². The molecule has 0 unspecified atom stereocenters. The lowest BCUT2D eigenvalue weighted by atomic mass is 10.1. The zero-order valence-electron chi connectivity index (χ0n) is 15.1. The lowest BCUT2D eigenvalue weighted by molar-refractivity contribution is -0.384. The summed E-state index contributed by atoms with van der Waals surface area (Å²) in [5.41, 5.74) is 2.50. The zero-order valence-corrected chi connectivity index (χ0v) is 17.2. The van der Waals surface area contributed by atoms with Gasteiger partial charge < -0.3 is 9.15 Å². The number of aryl methyl sites for hydroxylation is 1. The van der Waals surface area contributed by atoms with E-state index in [9.17, 15) is 14.9 Å². The van der Waals surface area contributed by atoms with Crippen molar-refractivity contribution < 1.29 is 18.9 Å². The van der Waals surface area contributed by atoms with E-state index < -0.39 is 10.9 Å². The van der Waals surface area contributed by atoms with Crippen molar-refractivity contribution in [2.45, 2.75) is 6.92 Å². The van der Waals surface area contributed by atoms with Crippen LogP contribution in [0.3, 0.4) is 0 Å². The Balaban J connectivity index is 1.62. The van der Waals surface area contributed by atoms with Gasteiger partial charge in [0.1, 0.15) is 11.5 Å². The van der Waals surface area contributed by atoms with Crippen molar-refractivity contribution >= 4 is 46.2 Å². The number of ether oxygens (including phenoxy) is 1. The monoisotopic (exact) mass is 500 g/mol. The number of rotatable bonds is 4. The van der Waals surface area contributed by atoms with Gasteiger partial charge in [0.05, 0.1) is 4.92 Å². The maximum atomic E-state index is 12.2. The van der Waals surface area contributed by atoms with Crippen LogP contribution in [0, 0.1) is 20.6 Å². The molecule has 0 atom stereocenters. The molecule has 0 fully saturated rings. The number of cyclic esters (lactones) is 1. The molecule has 0 radical (unpaired) electrons. The van der Waals surface area contributed by atoms with Crippen LogP contribution >= 0.6 is 22.6 Å². The van der Waals surface area contributed by atoms with Gasteiger partial charge >= 0.3 is 5.97 Å². The number of aliphatic imine (C=N–C) groups is 1. The molecule has 1 aliphatic rings. The lowest BCUT2D eigenvalue weighted by Crippen LogP contribution is -2.05. The second kappa shape index (κ2) is 7.63. The van der Waals surface area contributed by atoms with Gasteiger partial charge in [-0.05, 0) is 59.3 Å². The number of halogens is 1. The number of carbonyl (C=O) groups excluding carboxylic acids is 1. The molecule has 0 spiro atoms. The summed E-state index contributed by atoms with van der Waals surface area (Å²) in [4.78, 5) is 26.9. The van der Waals surface area contributed by atoms with Crippen molar-refractivity contribution in [3.05, 3.63) is 90.9 Å². The van der Waals surface area contributed by atoms with E-state index in [0.29, 0.717) is 22.6 Å². The molecule has 7 nitrogen and oxygen atoms in total. The molecule has 0 saturated heterocycles. The van der Waals surface area contributed by atoms with Crippen molar-refractivity contribution in [3.63, 3.8) is 0 Å². The number of benzene rings is 2. The normalized spacial score (nSPS) is 14.8. The first-order valence-corrected chi connectivity index (χ1v) is 9.62. The van der Waals surface area contributed by atoms with E-state index >= 15 is 0 Å². The molecule has 3 aromatic rings.